The number of benzene rings is 2. The molecule has 142 valence electrons. The molecule has 0 unspecified atom stereocenters. The third kappa shape index (κ3) is 4.60. The first-order chi connectivity index (χ1) is 13.5. The zero-order valence-electron chi connectivity index (χ0n) is 15.2. The molecule has 0 spiro atoms. The van der Waals surface area contributed by atoms with Gasteiger partial charge >= 0.3 is 0 Å². The SMILES string of the molecule is COc1ccc(-c2nc(NC(=O)C=Cc3cccc([N+](=O)[O-])c3)sc2C)cc1. The minimum atomic E-state index is -0.476. The summed E-state index contributed by atoms with van der Waals surface area (Å²) in [5, 5.41) is 14.0. The molecule has 0 saturated carbocycles. The summed E-state index contributed by atoms with van der Waals surface area (Å²) >= 11 is 1.38. The Morgan fingerprint density at radius 2 is 2.00 bits per heavy atom. The summed E-state index contributed by atoms with van der Waals surface area (Å²) in [6.07, 6.45) is 2.84. The fourth-order valence-electron chi connectivity index (χ4n) is 2.53. The molecule has 0 fully saturated rings. The molecule has 1 heterocycles. The van der Waals surface area contributed by atoms with Gasteiger partial charge in [0.25, 0.3) is 5.69 Å². The molecule has 2 aromatic carbocycles. The molecule has 0 atom stereocenters. The van der Waals surface area contributed by atoms with Crippen LogP contribution in [0.2, 0.25) is 0 Å². The van der Waals surface area contributed by atoms with Crippen LogP contribution >= 0.6 is 11.3 Å². The Kier molecular flexibility index (Phi) is 5.81. The maximum absolute atomic E-state index is 12.2. The third-order valence-electron chi connectivity index (χ3n) is 3.90. The number of ether oxygens (including phenoxy) is 1. The average molecular weight is 395 g/mol. The number of hydrogen-bond acceptors (Lipinski definition) is 6. The van der Waals surface area contributed by atoms with Crippen molar-refractivity contribution >= 4 is 34.1 Å². The fraction of sp³-hybridized carbons (Fsp3) is 0.100. The van der Waals surface area contributed by atoms with Crippen molar-refractivity contribution in [3.8, 4) is 17.0 Å². The number of nitrogens with zero attached hydrogens (tertiary/aromatic N) is 2. The lowest BCUT2D eigenvalue weighted by atomic mass is 10.1. The number of rotatable bonds is 6. The minimum absolute atomic E-state index is 0.0257. The van der Waals surface area contributed by atoms with E-state index in [0.29, 0.717) is 10.7 Å². The predicted octanol–water partition coefficient (Wildman–Crippen LogP) is 4.69. The van der Waals surface area contributed by atoms with E-state index in [1.54, 1.807) is 19.2 Å². The summed E-state index contributed by atoms with van der Waals surface area (Å²) in [5.41, 5.74) is 2.27. The molecule has 28 heavy (non-hydrogen) atoms. The third-order valence-corrected chi connectivity index (χ3v) is 4.78. The van der Waals surface area contributed by atoms with Crippen molar-refractivity contribution in [2.45, 2.75) is 6.92 Å². The number of thiazole rings is 1. The standard InChI is InChI=1S/C20H17N3O4S/c1-13-19(15-7-9-17(27-2)10-8-15)22-20(28-13)21-18(24)11-6-14-4-3-5-16(12-14)23(25)26/h3-12H,1-2H3,(H,21,22,24). The van der Waals surface area contributed by atoms with Crippen LogP contribution in [0.25, 0.3) is 17.3 Å². The molecule has 0 bridgehead atoms. The van der Waals surface area contributed by atoms with Crippen molar-refractivity contribution in [1.82, 2.24) is 4.98 Å². The quantitative estimate of drug-likeness (QED) is 0.371. The van der Waals surface area contributed by atoms with Crippen molar-refractivity contribution in [2.75, 3.05) is 12.4 Å². The number of methoxy groups -OCH3 is 1. The van der Waals surface area contributed by atoms with Crippen LogP contribution in [-0.4, -0.2) is 22.9 Å². The van der Waals surface area contributed by atoms with Crippen molar-refractivity contribution in [2.24, 2.45) is 0 Å². The number of nitro groups is 1. The van der Waals surface area contributed by atoms with E-state index in [9.17, 15) is 14.9 Å². The first-order valence-corrected chi connectivity index (χ1v) is 9.13. The number of anilines is 1. The van der Waals surface area contributed by atoms with E-state index in [2.05, 4.69) is 10.3 Å². The summed E-state index contributed by atoms with van der Waals surface area (Å²) < 4.78 is 5.16. The predicted molar refractivity (Wildman–Crippen MR) is 110 cm³/mol. The highest BCUT2D eigenvalue weighted by atomic mass is 32.1. The highest BCUT2D eigenvalue weighted by molar-refractivity contribution is 7.16. The van der Waals surface area contributed by atoms with Gasteiger partial charge in [-0.3, -0.25) is 20.2 Å². The van der Waals surface area contributed by atoms with Gasteiger partial charge in [-0.2, -0.15) is 0 Å². The molecule has 3 rings (SSSR count). The topological polar surface area (TPSA) is 94.4 Å². The number of nitro benzene ring substituents is 1. The Morgan fingerprint density at radius 1 is 1.25 bits per heavy atom. The molecule has 1 N–H and O–H groups in total. The Labute approximate surface area is 165 Å². The van der Waals surface area contributed by atoms with Crippen LogP contribution in [0.4, 0.5) is 10.8 Å². The average Bonchev–Trinajstić information content (AvgIpc) is 3.06. The molecule has 8 heteroatoms. The van der Waals surface area contributed by atoms with Crippen LogP contribution < -0.4 is 10.1 Å². The van der Waals surface area contributed by atoms with E-state index in [1.165, 1.54) is 35.6 Å². The zero-order chi connectivity index (χ0) is 20.1. The van der Waals surface area contributed by atoms with Crippen molar-refractivity contribution in [1.29, 1.82) is 0 Å². The van der Waals surface area contributed by atoms with Crippen molar-refractivity contribution < 1.29 is 14.5 Å². The molecular formula is C20H17N3O4S. The first kappa shape index (κ1) is 19.2. The van der Waals surface area contributed by atoms with Gasteiger partial charge in [-0.1, -0.05) is 12.1 Å². The van der Waals surface area contributed by atoms with Gasteiger partial charge in [0.15, 0.2) is 5.13 Å². The lowest BCUT2D eigenvalue weighted by molar-refractivity contribution is -0.384. The summed E-state index contributed by atoms with van der Waals surface area (Å²) in [6.45, 7) is 1.94. The smallest absolute Gasteiger partial charge is 0.270 e. The Morgan fingerprint density at radius 3 is 2.68 bits per heavy atom. The zero-order valence-corrected chi connectivity index (χ0v) is 16.0. The number of amides is 1. The summed E-state index contributed by atoms with van der Waals surface area (Å²) in [6, 6.07) is 13.6. The van der Waals surface area contributed by atoms with Crippen LogP contribution in [0.1, 0.15) is 10.4 Å². The minimum Gasteiger partial charge on any atom is -0.497 e. The largest absolute Gasteiger partial charge is 0.497 e. The molecule has 0 saturated heterocycles. The first-order valence-electron chi connectivity index (χ1n) is 8.31. The maximum atomic E-state index is 12.2. The summed E-state index contributed by atoms with van der Waals surface area (Å²) in [7, 11) is 1.61. The normalized spacial score (nSPS) is 10.8. The van der Waals surface area contributed by atoms with Crippen LogP contribution in [0, 0.1) is 17.0 Å². The van der Waals surface area contributed by atoms with Crippen LogP contribution in [-0.2, 0) is 4.79 Å². The van der Waals surface area contributed by atoms with Crippen molar-refractivity contribution in [3.05, 3.63) is 75.2 Å². The fourth-order valence-corrected chi connectivity index (χ4v) is 3.37. The number of carbonyl (C=O) groups excluding carboxylic acids is 1. The number of aryl methyl sites for hydroxylation is 1. The van der Waals surface area contributed by atoms with Gasteiger partial charge in [0.2, 0.25) is 5.91 Å². The second-order valence-electron chi connectivity index (χ2n) is 5.83. The highest BCUT2D eigenvalue weighted by Crippen LogP contribution is 2.31. The van der Waals surface area contributed by atoms with Gasteiger partial charge < -0.3 is 4.74 Å². The monoisotopic (exact) mass is 395 g/mol. The molecule has 3 aromatic rings. The second kappa shape index (κ2) is 8.45. The Bertz CT molecular complexity index is 1040. The lowest BCUT2D eigenvalue weighted by Crippen LogP contribution is -2.07. The Hall–Kier alpha value is -3.52. The Balaban J connectivity index is 1.70. The molecule has 7 nitrogen and oxygen atoms in total. The summed E-state index contributed by atoms with van der Waals surface area (Å²) in [5.74, 6) is 0.401. The number of aromatic nitrogens is 1. The van der Waals surface area contributed by atoms with E-state index < -0.39 is 4.92 Å². The van der Waals surface area contributed by atoms with Gasteiger partial charge in [0, 0.05) is 28.6 Å². The van der Waals surface area contributed by atoms with E-state index in [0.717, 1.165) is 21.9 Å². The van der Waals surface area contributed by atoms with Crippen LogP contribution in [0.3, 0.4) is 0 Å². The lowest BCUT2D eigenvalue weighted by Gasteiger charge is -2.01. The molecule has 0 aliphatic heterocycles. The highest BCUT2D eigenvalue weighted by Gasteiger charge is 2.11. The maximum Gasteiger partial charge on any atom is 0.270 e. The molecular weight excluding hydrogens is 378 g/mol. The number of non-ortho nitro benzene ring substituents is 1. The number of nitrogens with one attached hydrogen (secondary N) is 1. The van der Waals surface area contributed by atoms with E-state index in [1.807, 2.05) is 31.2 Å². The van der Waals surface area contributed by atoms with Crippen LogP contribution in [0.5, 0.6) is 5.75 Å². The van der Waals surface area contributed by atoms with Gasteiger partial charge in [-0.25, -0.2) is 4.98 Å². The molecule has 0 aliphatic carbocycles. The summed E-state index contributed by atoms with van der Waals surface area (Å²) in [4.78, 5) is 28.0. The van der Waals surface area contributed by atoms with E-state index in [-0.39, 0.29) is 11.6 Å². The second-order valence-corrected chi connectivity index (χ2v) is 7.03. The molecule has 1 aromatic heterocycles. The molecule has 0 radical (unpaired) electrons. The molecule has 1 amide bonds. The van der Waals surface area contributed by atoms with Gasteiger partial charge in [-0.05, 0) is 42.8 Å². The van der Waals surface area contributed by atoms with E-state index >= 15 is 0 Å². The van der Waals surface area contributed by atoms with Crippen molar-refractivity contribution in [3.63, 3.8) is 0 Å². The van der Waals surface area contributed by atoms with Gasteiger partial charge in [0.05, 0.1) is 17.7 Å². The van der Waals surface area contributed by atoms with Gasteiger partial charge in [-0.15, -0.1) is 11.3 Å². The number of hydrogen-bond donors (Lipinski definition) is 1. The number of carbonyl (C=O) groups is 1. The van der Waals surface area contributed by atoms with Crippen LogP contribution in [0.15, 0.2) is 54.6 Å². The van der Waals surface area contributed by atoms with Gasteiger partial charge in [0.1, 0.15) is 5.75 Å². The van der Waals surface area contributed by atoms with E-state index in [4.69, 9.17) is 4.74 Å². The molecule has 0 aliphatic rings.